The minimum Gasteiger partial charge on any atom is -0.309 e. The van der Waals surface area contributed by atoms with E-state index in [1.54, 1.807) is 0 Å². The summed E-state index contributed by atoms with van der Waals surface area (Å²) in [4.78, 5) is 0. The van der Waals surface area contributed by atoms with Gasteiger partial charge in [-0.15, -0.1) is 0 Å². The van der Waals surface area contributed by atoms with Crippen LogP contribution in [-0.4, -0.2) is 0 Å². The van der Waals surface area contributed by atoms with Gasteiger partial charge in [0.1, 0.15) is 0 Å². The second-order valence-electron chi connectivity index (χ2n) is 6.09. The Bertz CT molecular complexity index is 825. The van der Waals surface area contributed by atoms with Crippen LogP contribution in [0.1, 0.15) is 17.5 Å². The van der Waals surface area contributed by atoms with Crippen LogP contribution in [0.3, 0.4) is 0 Å². The van der Waals surface area contributed by atoms with E-state index in [2.05, 4.69) is 18.2 Å². The fraction of sp³-hybridized carbons (Fsp3) is 0.143. The van der Waals surface area contributed by atoms with E-state index < -0.39 is 7.14 Å². The molecule has 3 aromatic rings. The van der Waals surface area contributed by atoms with Gasteiger partial charge in [-0.1, -0.05) is 72.8 Å². The second kappa shape index (κ2) is 5.83. The van der Waals surface area contributed by atoms with E-state index in [-0.39, 0.29) is 0 Å². The average molecular weight is 318 g/mol. The highest BCUT2D eigenvalue weighted by Gasteiger charge is 2.30. The summed E-state index contributed by atoms with van der Waals surface area (Å²) in [7, 11) is -2.81. The lowest BCUT2D eigenvalue weighted by atomic mass is 10.1. The Balaban J connectivity index is 1.95. The largest absolute Gasteiger partial charge is 0.309 e. The molecule has 0 fully saturated rings. The van der Waals surface area contributed by atoms with Crippen molar-refractivity contribution < 1.29 is 4.57 Å². The van der Waals surface area contributed by atoms with Crippen molar-refractivity contribution in [1.82, 2.24) is 0 Å². The topological polar surface area (TPSA) is 17.1 Å². The molecular weight excluding hydrogens is 299 g/mol. The van der Waals surface area contributed by atoms with Gasteiger partial charge < -0.3 is 4.57 Å². The number of benzene rings is 3. The predicted molar refractivity (Wildman–Crippen MR) is 97.9 cm³/mol. The lowest BCUT2D eigenvalue weighted by Gasteiger charge is -2.20. The van der Waals surface area contributed by atoms with Gasteiger partial charge in [-0.05, 0) is 36.5 Å². The zero-order valence-electron chi connectivity index (χ0n) is 13.0. The second-order valence-corrected chi connectivity index (χ2v) is 8.85. The Morgan fingerprint density at radius 1 is 0.609 bits per heavy atom. The fourth-order valence-corrected chi connectivity index (χ4v) is 6.18. The molecule has 0 N–H and O–H groups in total. The molecule has 0 saturated heterocycles. The van der Waals surface area contributed by atoms with Gasteiger partial charge in [-0.2, -0.15) is 0 Å². The van der Waals surface area contributed by atoms with Crippen LogP contribution >= 0.6 is 7.14 Å². The highest BCUT2D eigenvalue weighted by Crippen LogP contribution is 2.43. The van der Waals surface area contributed by atoms with Crippen LogP contribution in [0.5, 0.6) is 0 Å². The van der Waals surface area contributed by atoms with Gasteiger partial charge in [0.2, 0.25) is 0 Å². The SMILES string of the molecule is O=P(c1ccccc1)(c1ccccc1)c1ccc2c(c1)CCC2. The molecule has 0 aliphatic heterocycles. The van der Waals surface area contributed by atoms with Crippen LogP contribution in [0.2, 0.25) is 0 Å². The molecule has 0 saturated carbocycles. The summed E-state index contributed by atoms with van der Waals surface area (Å²) in [6, 6.07) is 26.2. The van der Waals surface area contributed by atoms with Gasteiger partial charge in [-0.25, -0.2) is 0 Å². The summed E-state index contributed by atoms with van der Waals surface area (Å²) >= 11 is 0. The normalized spacial score (nSPS) is 13.7. The smallest absolute Gasteiger partial charge is 0.171 e. The lowest BCUT2D eigenvalue weighted by Crippen LogP contribution is -2.25. The zero-order chi connectivity index (χ0) is 15.7. The Morgan fingerprint density at radius 2 is 1.17 bits per heavy atom. The monoisotopic (exact) mass is 318 g/mol. The van der Waals surface area contributed by atoms with E-state index in [1.807, 2.05) is 60.7 Å². The number of hydrogen-bond donors (Lipinski definition) is 0. The first-order valence-electron chi connectivity index (χ1n) is 8.12. The highest BCUT2D eigenvalue weighted by molar-refractivity contribution is 7.85. The molecule has 2 heteroatoms. The minimum atomic E-state index is -2.81. The van der Waals surface area contributed by atoms with Gasteiger partial charge in [0.25, 0.3) is 0 Å². The van der Waals surface area contributed by atoms with Crippen molar-refractivity contribution in [1.29, 1.82) is 0 Å². The number of fused-ring (bicyclic) bond motifs is 1. The first-order chi connectivity index (χ1) is 11.3. The maximum absolute atomic E-state index is 14.2. The van der Waals surface area contributed by atoms with Gasteiger partial charge in [-0.3, -0.25) is 0 Å². The predicted octanol–water partition coefficient (Wildman–Crippen LogP) is 3.81. The molecule has 114 valence electrons. The molecule has 0 atom stereocenters. The number of aryl methyl sites for hydroxylation is 2. The van der Waals surface area contributed by atoms with Crippen LogP contribution in [0.4, 0.5) is 0 Å². The molecule has 1 nitrogen and oxygen atoms in total. The molecule has 0 amide bonds. The Kier molecular flexibility index (Phi) is 3.67. The summed E-state index contributed by atoms with van der Waals surface area (Å²) in [6.07, 6.45) is 3.46. The quantitative estimate of drug-likeness (QED) is 0.671. The first kappa shape index (κ1) is 14.5. The molecule has 1 aliphatic rings. The van der Waals surface area contributed by atoms with E-state index in [0.29, 0.717) is 0 Å². The third kappa shape index (κ3) is 2.46. The van der Waals surface area contributed by atoms with Gasteiger partial charge >= 0.3 is 0 Å². The van der Waals surface area contributed by atoms with Crippen molar-refractivity contribution in [3.8, 4) is 0 Å². The van der Waals surface area contributed by atoms with Crippen LogP contribution in [-0.2, 0) is 17.4 Å². The van der Waals surface area contributed by atoms with Gasteiger partial charge in [0, 0.05) is 15.9 Å². The average Bonchev–Trinajstić information content (AvgIpc) is 3.10. The summed E-state index contributed by atoms with van der Waals surface area (Å²) < 4.78 is 14.2. The van der Waals surface area contributed by atoms with E-state index in [1.165, 1.54) is 17.5 Å². The summed E-state index contributed by atoms with van der Waals surface area (Å²) in [6.45, 7) is 0. The first-order valence-corrected chi connectivity index (χ1v) is 9.83. The molecule has 1 aliphatic carbocycles. The van der Waals surface area contributed by atoms with Crippen LogP contribution in [0, 0.1) is 0 Å². The standard InChI is InChI=1S/C21H19OP/c22-23(19-10-3-1-4-11-19,20-12-5-2-6-13-20)21-15-14-17-8-7-9-18(17)16-21/h1-6,10-16H,7-9H2. The summed E-state index contributed by atoms with van der Waals surface area (Å²) in [5.41, 5.74) is 2.79. The minimum absolute atomic E-state index is 0.907. The number of rotatable bonds is 3. The maximum atomic E-state index is 14.2. The van der Waals surface area contributed by atoms with Crippen molar-refractivity contribution in [2.75, 3.05) is 0 Å². The Labute approximate surface area is 137 Å². The van der Waals surface area contributed by atoms with Crippen molar-refractivity contribution in [2.45, 2.75) is 19.3 Å². The van der Waals surface area contributed by atoms with Crippen molar-refractivity contribution in [2.24, 2.45) is 0 Å². The summed E-state index contributed by atoms with van der Waals surface area (Å²) in [5.74, 6) is 0. The van der Waals surface area contributed by atoms with Crippen molar-refractivity contribution in [3.63, 3.8) is 0 Å². The van der Waals surface area contributed by atoms with E-state index >= 15 is 0 Å². The molecule has 23 heavy (non-hydrogen) atoms. The van der Waals surface area contributed by atoms with Gasteiger partial charge in [0.05, 0.1) is 0 Å². The molecule has 0 aromatic heterocycles. The molecule has 0 heterocycles. The molecule has 4 rings (SSSR count). The fourth-order valence-electron chi connectivity index (χ4n) is 3.48. The van der Waals surface area contributed by atoms with Crippen molar-refractivity contribution in [3.05, 3.63) is 90.0 Å². The Morgan fingerprint density at radius 3 is 1.78 bits per heavy atom. The van der Waals surface area contributed by atoms with Gasteiger partial charge in [0.15, 0.2) is 7.14 Å². The molecule has 3 aromatic carbocycles. The van der Waals surface area contributed by atoms with E-state index in [4.69, 9.17) is 0 Å². The molecule has 0 spiro atoms. The van der Waals surface area contributed by atoms with E-state index in [0.717, 1.165) is 28.8 Å². The van der Waals surface area contributed by atoms with E-state index in [9.17, 15) is 4.57 Å². The Hall–Kier alpha value is -2.11. The van der Waals surface area contributed by atoms with Crippen LogP contribution < -0.4 is 15.9 Å². The molecule has 0 bridgehead atoms. The van der Waals surface area contributed by atoms with Crippen LogP contribution in [0.25, 0.3) is 0 Å². The van der Waals surface area contributed by atoms with Crippen molar-refractivity contribution >= 4 is 23.1 Å². The van der Waals surface area contributed by atoms with Crippen LogP contribution in [0.15, 0.2) is 78.9 Å². The lowest BCUT2D eigenvalue weighted by molar-refractivity contribution is 0.592. The molecular formula is C21H19OP. The number of hydrogen-bond acceptors (Lipinski definition) is 1. The highest BCUT2D eigenvalue weighted by atomic mass is 31.2. The molecule has 0 unspecified atom stereocenters. The third-order valence-corrected chi connectivity index (χ3v) is 7.74. The maximum Gasteiger partial charge on any atom is 0.171 e. The summed E-state index contributed by atoms with van der Waals surface area (Å²) in [5, 5.41) is 2.77. The molecule has 0 radical (unpaired) electrons. The third-order valence-electron chi connectivity index (χ3n) is 4.69. The zero-order valence-corrected chi connectivity index (χ0v) is 13.9.